The Morgan fingerprint density at radius 1 is 0.889 bits per heavy atom. The van der Waals surface area contributed by atoms with E-state index in [9.17, 15) is 9.90 Å². The Morgan fingerprint density at radius 2 is 1.72 bits per heavy atom. The molecule has 12 rings (SSSR count). The van der Waals surface area contributed by atoms with Gasteiger partial charge in [-0.1, -0.05) is 41.4 Å². The van der Waals surface area contributed by atoms with Crippen LogP contribution in [0.3, 0.4) is 0 Å². The Kier molecular flexibility index (Phi) is 13.2. The zero-order chi connectivity index (χ0) is 49.8. The van der Waals surface area contributed by atoms with Crippen LogP contribution in [0, 0.1) is 12.7 Å². The third-order valence-corrected chi connectivity index (χ3v) is 15.2. The molecule has 5 aromatic carbocycles. The number of nitrogens with zero attached hydrogens (tertiary/aromatic N) is 6. The van der Waals surface area contributed by atoms with E-state index < -0.39 is 29.8 Å². The number of carboxylic acid groups (broad SMARTS) is 1. The molecule has 3 aromatic heterocycles. The van der Waals surface area contributed by atoms with Gasteiger partial charge < -0.3 is 43.2 Å². The highest BCUT2D eigenvalue weighted by Gasteiger charge is 2.34. The van der Waals surface area contributed by atoms with Crippen molar-refractivity contribution in [1.82, 2.24) is 29.7 Å². The van der Waals surface area contributed by atoms with Crippen molar-refractivity contribution >= 4 is 82.4 Å². The van der Waals surface area contributed by atoms with Crippen LogP contribution in [0.15, 0.2) is 79.3 Å². The minimum Gasteiger partial charge on any atom is -0.490 e. The Hall–Kier alpha value is -6.18. The molecule has 0 saturated carbocycles. The first-order chi connectivity index (χ1) is 34.8. The van der Waals surface area contributed by atoms with Gasteiger partial charge in [-0.05, 0) is 92.7 Å². The second kappa shape index (κ2) is 19.7. The smallest absolute Gasteiger partial charge is 0.345 e. The van der Waals surface area contributed by atoms with Crippen molar-refractivity contribution < 1.29 is 47.4 Å². The van der Waals surface area contributed by atoms with E-state index >= 15 is 4.39 Å². The summed E-state index contributed by atoms with van der Waals surface area (Å²) >= 11 is 16.2. The fraction of sp³-hybridized carbons (Fsp3) is 0.340. The van der Waals surface area contributed by atoms with Gasteiger partial charge in [0.05, 0.1) is 33.3 Å². The molecule has 7 heterocycles. The van der Waals surface area contributed by atoms with Gasteiger partial charge in [-0.25, -0.2) is 29.1 Å². The van der Waals surface area contributed by atoms with Gasteiger partial charge in [0, 0.05) is 71.8 Å². The van der Waals surface area contributed by atoms with E-state index in [1.165, 1.54) is 29.8 Å². The van der Waals surface area contributed by atoms with Crippen molar-refractivity contribution in [2.45, 2.75) is 57.9 Å². The molecule has 0 radical (unpaired) electrons. The number of carbonyl (C=O) groups is 1. The highest BCUT2D eigenvalue weighted by Crippen LogP contribution is 2.53. The van der Waals surface area contributed by atoms with Gasteiger partial charge in [-0.3, -0.25) is 4.90 Å². The number of piperazine rings is 1. The molecule has 4 aliphatic rings. The lowest BCUT2D eigenvalue weighted by Gasteiger charge is -2.35. The highest BCUT2D eigenvalue weighted by molar-refractivity contribution is 7.26. The van der Waals surface area contributed by atoms with E-state index in [-0.39, 0.29) is 54.0 Å². The maximum atomic E-state index is 15.3. The zero-order valence-electron chi connectivity index (χ0n) is 39.7. The average Bonchev–Trinajstić information content (AvgIpc) is 3.94. The van der Waals surface area contributed by atoms with Crippen LogP contribution in [0.4, 0.5) is 4.39 Å². The number of rotatable bonds is 10. The number of aryl methyl sites for hydroxylation is 1. The predicted molar refractivity (Wildman–Crippen MR) is 273 cm³/mol. The predicted octanol–water partition coefficient (Wildman–Crippen LogP) is 9.93. The SMILES string of the molecule is Cc1c(Cl)c2c(Cl)c3c4cc(F)ccc4c4sc5ncnc(c5c4c13)O[C@@H](C(=O)O)Cc1cc(ccc1OCc1ccnc(-c3ccccc3OC[C@H]3COC(C)(C)O3)n1)OC[C@@H](CN1CCN(C)CC1)O2. The van der Waals surface area contributed by atoms with Crippen LogP contribution in [0.1, 0.15) is 30.7 Å². The van der Waals surface area contributed by atoms with Gasteiger partial charge in [0.25, 0.3) is 0 Å². The molecule has 4 aliphatic heterocycles. The molecule has 372 valence electrons. The third kappa shape index (κ3) is 9.50. The minimum absolute atomic E-state index is 0.00693. The summed E-state index contributed by atoms with van der Waals surface area (Å²) in [6.45, 7) is 10.2. The Morgan fingerprint density at radius 3 is 2.53 bits per heavy atom. The number of likely N-dealkylation sites (N-methyl/N-ethyl adjacent to an activating group) is 1. The third-order valence-electron chi connectivity index (χ3n) is 13.2. The number of thiophene rings is 1. The van der Waals surface area contributed by atoms with Crippen molar-refractivity contribution in [2.24, 2.45) is 0 Å². The number of benzene rings is 5. The Labute approximate surface area is 427 Å². The van der Waals surface area contributed by atoms with Gasteiger partial charge in [-0.2, -0.15) is 0 Å². The number of para-hydroxylation sites is 1. The Balaban J connectivity index is 0.979. The Bertz CT molecular complexity index is 3410. The molecule has 72 heavy (non-hydrogen) atoms. The minimum atomic E-state index is -1.48. The maximum Gasteiger partial charge on any atom is 0.345 e. The molecule has 0 unspecified atom stereocenters. The summed E-state index contributed by atoms with van der Waals surface area (Å²) < 4.78 is 60.4. The number of ether oxygens (including phenoxy) is 7. The lowest BCUT2D eigenvalue weighted by molar-refractivity contribution is -0.145. The van der Waals surface area contributed by atoms with Crippen LogP contribution in [0.5, 0.6) is 28.9 Å². The molecule has 15 nitrogen and oxygen atoms in total. The van der Waals surface area contributed by atoms with E-state index in [2.05, 4.69) is 31.8 Å². The first-order valence-corrected chi connectivity index (χ1v) is 25.1. The van der Waals surface area contributed by atoms with Crippen molar-refractivity contribution in [3.05, 3.63) is 112 Å². The average molecular weight is 1040 g/mol. The number of carboxylic acids is 1. The van der Waals surface area contributed by atoms with E-state index in [1.807, 2.05) is 45.0 Å². The molecule has 8 aromatic rings. The van der Waals surface area contributed by atoms with Crippen LogP contribution in [0.25, 0.3) is 53.2 Å². The van der Waals surface area contributed by atoms with Crippen LogP contribution in [0.2, 0.25) is 10.0 Å². The number of hydrogen-bond acceptors (Lipinski definition) is 15. The van der Waals surface area contributed by atoms with Crippen molar-refractivity contribution in [2.75, 3.05) is 59.6 Å². The highest BCUT2D eigenvalue weighted by atomic mass is 35.5. The van der Waals surface area contributed by atoms with E-state index in [1.54, 1.807) is 36.5 Å². The zero-order valence-corrected chi connectivity index (χ0v) is 42.1. The first kappa shape index (κ1) is 48.1. The number of fused-ring (bicyclic) bond motifs is 8. The van der Waals surface area contributed by atoms with Crippen LogP contribution in [-0.2, 0) is 27.3 Å². The molecule has 3 atom stereocenters. The van der Waals surface area contributed by atoms with Crippen LogP contribution in [-0.4, -0.2) is 125 Å². The lowest BCUT2D eigenvalue weighted by atomic mass is 9.94. The van der Waals surface area contributed by atoms with Crippen molar-refractivity contribution in [3.63, 3.8) is 0 Å². The number of aromatic nitrogens is 4. The monoisotopic (exact) mass is 1030 g/mol. The molecule has 19 heteroatoms. The molecule has 6 bridgehead atoms. The molecule has 1 N–H and O–H groups in total. The van der Waals surface area contributed by atoms with E-state index in [0.29, 0.717) is 95.8 Å². The summed E-state index contributed by atoms with van der Waals surface area (Å²) in [7, 11) is 2.09. The molecule has 0 spiro atoms. The van der Waals surface area contributed by atoms with Gasteiger partial charge in [0.1, 0.15) is 66.3 Å². The van der Waals surface area contributed by atoms with Gasteiger partial charge >= 0.3 is 5.97 Å². The van der Waals surface area contributed by atoms with Gasteiger partial charge in [0.15, 0.2) is 17.4 Å². The fourth-order valence-corrected chi connectivity index (χ4v) is 11.4. The standard InChI is InChI=1S/C53H49Cl2FN6O9S/c1-28-41-42-37-21-30(56)9-11-35(37)48-43(41)44-50(58-27-59-51(44)72-48)70-40(52(63)64)20-29-19-32(65-24-33(69-47(45(28)54)46(42)55)22-62-17-15-61(4)16-18-62)10-12-38(29)66-23-31-13-14-57-49(60-31)36-7-5-6-8-39(36)67-25-34-26-68-53(2,3)71-34/h5-14,19,21,27,33-34,40H,15-18,20,22-26H2,1-4H3,(H,63,64)/t33-,34+,40-/m1/s1. The topological polar surface area (TPSA) is 160 Å². The molecule has 2 saturated heterocycles. The van der Waals surface area contributed by atoms with Gasteiger partial charge in [0.2, 0.25) is 12.0 Å². The van der Waals surface area contributed by atoms with Gasteiger partial charge in [-0.15, -0.1) is 11.3 Å². The normalized spacial score (nSPS) is 19.6. The molecule has 2 fully saturated rings. The largest absolute Gasteiger partial charge is 0.490 e. The summed E-state index contributed by atoms with van der Waals surface area (Å²) in [6, 6.07) is 19.1. The summed E-state index contributed by atoms with van der Waals surface area (Å²) in [5, 5.41) is 14.9. The van der Waals surface area contributed by atoms with Crippen molar-refractivity contribution in [1.29, 1.82) is 0 Å². The second-order valence-corrected chi connectivity index (χ2v) is 20.4. The second-order valence-electron chi connectivity index (χ2n) is 18.7. The summed E-state index contributed by atoms with van der Waals surface area (Å²) in [6.07, 6.45) is 0.515. The number of aliphatic carboxylic acids is 1. The fourth-order valence-electron chi connectivity index (χ4n) is 9.62. The lowest BCUT2D eigenvalue weighted by Crippen LogP contribution is -2.49. The molecular formula is C53H49Cl2FN6O9S. The number of hydrogen-bond donors (Lipinski definition) is 1. The molecular weight excluding hydrogens is 987 g/mol. The number of halogens is 3. The van der Waals surface area contributed by atoms with Crippen LogP contribution < -0.4 is 23.7 Å². The molecule has 0 amide bonds. The maximum absolute atomic E-state index is 15.3. The van der Waals surface area contributed by atoms with Crippen molar-refractivity contribution in [3.8, 4) is 40.3 Å². The first-order valence-electron chi connectivity index (χ1n) is 23.6. The van der Waals surface area contributed by atoms with Crippen LogP contribution >= 0.6 is 34.5 Å². The molecule has 0 aliphatic carbocycles. The summed E-state index contributed by atoms with van der Waals surface area (Å²) in [4.78, 5) is 37.1. The van der Waals surface area contributed by atoms with E-state index in [4.69, 9.17) is 61.3 Å². The van der Waals surface area contributed by atoms with E-state index in [0.717, 1.165) is 30.9 Å². The quantitative estimate of drug-likeness (QED) is 0.129. The summed E-state index contributed by atoms with van der Waals surface area (Å²) in [5.74, 6) is -0.275. The summed E-state index contributed by atoms with van der Waals surface area (Å²) in [5.41, 5.74) is 2.35.